The van der Waals surface area contributed by atoms with Crippen molar-refractivity contribution >= 4 is 5.91 Å². The lowest BCUT2D eigenvalue weighted by Gasteiger charge is -2.36. The number of carbonyl (C=O) groups is 1. The monoisotopic (exact) mass is 350 g/mol. The van der Waals surface area contributed by atoms with Crippen LogP contribution in [-0.2, 0) is 22.5 Å². The highest BCUT2D eigenvalue weighted by Crippen LogP contribution is 2.31. The smallest absolute Gasteiger partial charge is 0.252 e. The highest BCUT2D eigenvalue weighted by molar-refractivity contribution is 5.82. The highest BCUT2D eigenvalue weighted by atomic mass is 16.5. The van der Waals surface area contributed by atoms with E-state index in [2.05, 4.69) is 48.6 Å². The molecule has 0 aliphatic carbocycles. The Morgan fingerprint density at radius 3 is 2.77 bits per heavy atom. The fourth-order valence-corrected chi connectivity index (χ4v) is 4.06. The first-order valence-corrected chi connectivity index (χ1v) is 9.49. The number of nitrogens with zero attached hydrogens (tertiary/aromatic N) is 1. The molecule has 1 unspecified atom stereocenters. The molecular weight excluding hydrogens is 324 g/mol. The molecule has 136 valence electrons. The molecule has 0 spiro atoms. The van der Waals surface area contributed by atoms with Crippen LogP contribution in [0.5, 0.6) is 0 Å². The SMILES string of the molecule is C[C@H]1c2ccccc2CCN1C(=O)[C@@H]1CC(NCc2ccccc2)CO1. The third-order valence-electron chi connectivity index (χ3n) is 5.59. The molecule has 0 bridgehead atoms. The van der Waals surface area contributed by atoms with E-state index in [-0.39, 0.29) is 24.1 Å². The van der Waals surface area contributed by atoms with Crippen LogP contribution in [0.15, 0.2) is 54.6 Å². The maximum atomic E-state index is 13.0. The predicted octanol–water partition coefficient (Wildman–Crippen LogP) is 3.08. The molecule has 2 aliphatic heterocycles. The van der Waals surface area contributed by atoms with Crippen molar-refractivity contribution in [1.82, 2.24) is 10.2 Å². The van der Waals surface area contributed by atoms with Crippen molar-refractivity contribution in [3.8, 4) is 0 Å². The van der Waals surface area contributed by atoms with E-state index in [1.807, 2.05) is 23.1 Å². The van der Waals surface area contributed by atoms with Crippen molar-refractivity contribution in [2.45, 2.75) is 44.5 Å². The molecule has 4 nitrogen and oxygen atoms in total. The van der Waals surface area contributed by atoms with Crippen LogP contribution >= 0.6 is 0 Å². The van der Waals surface area contributed by atoms with Crippen LogP contribution in [0.1, 0.15) is 36.1 Å². The van der Waals surface area contributed by atoms with Gasteiger partial charge >= 0.3 is 0 Å². The highest BCUT2D eigenvalue weighted by Gasteiger charge is 2.36. The van der Waals surface area contributed by atoms with Gasteiger partial charge in [-0.15, -0.1) is 0 Å². The van der Waals surface area contributed by atoms with E-state index in [9.17, 15) is 4.79 Å². The largest absolute Gasteiger partial charge is 0.367 e. The Morgan fingerprint density at radius 1 is 1.15 bits per heavy atom. The molecule has 2 aromatic rings. The van der Waals surface area contributed by atoms with Crippen LogP contribution in [0.3, 0.4) is 0 Å². The molecule has 1 amide bonds. The first-order valence-electron chi connectivity index (χ1n) is 9.49. The van der Waals surface area contributed by atoms with E-state index in [1.165, 1.54) is 16.7 Å². The molecular formula is C22H26N2O2. The molecule has 1 saturated heterocycles. The second-order valence-electron chi connectivity index (χ2n) is 7.28. The van der Waals surface area contributed by atoms with Gasteiger partial charge in [0.25, 0.3) is 5.91 Å². The summed E-state index contributed by atoms with van der Waals surface area (Å²) in [5.74, 6) is 0.135. The van der Waals surface area contributed by atoms with Gasteiger partial charge in [0.15, 0.2) is 0 Å². The van der Waals surface area contributed by atoms with Crippen molar-refractivity contribution in [3.05, 3.63) is 71.3 Å². The van der Waals surface area contributed by atoms with Crippen LogP contribution in [0.25, 0.3) is 0 Å². The van der Waals surface area contributed by atoms with Crippen LogP contribution in [-0.4, -0.2) is 36.1 Å². The number of rotatable bonds is 4. The Labute approximate surface area is 155 Å². The molecule has 2 aliphatic rings. The summed E-state index contributed by atoms with van der Waals surface area (Å²) >= 11 is 0. The minimum absolute atomic E-state index is 0.118. The van der Waals surface area contributed by atoms with Gasteiger partial charge in [-0.25, -0.2) is 0 Å². The Hall–Kier alpha value is -2.17. The number of hydrogen-bond acceptors (Lipinski definition) is 3. The van der Waals surface area contributed by atoms with E-state index >= 15 is 0 Å². The quantitative estimate of drug-likeness (QED) is 0.921. The molecule has 3 atom stereocenters. The standard InChI is InChI=1S/C22H26N2O2/c1-16-20-10-6-5-9-18(20)11-12-24(16)22(25)21-13-19(15-26-21)23-14-17-7-3-2-4-8-17/h2-10,16,19,21,23H,11-15H2,1H3/t16-,19?,21-/m0/s1. The zero-order valence-electron chi connectivity index (χ0n) is 15.2. The number of hydrogen-bond donors (Lipinski definition) is 1. The second kappa shape index (κ2) is 7.60. The number of benzene rings is 2. The van der Waals surface area contributed by atoms with Crippen LogP contribution in [0.2, 0.25) is 0 Å². The van der Waals surface area contributed by atoms with E-state index in [4.69, 9.17) is 4.74 Å². The lowest BCUT2D eigenvalue weighted by atomic mass is 9.93. The number of amides is 1. The molecule has 1 N–H and O–H groups in total. The number of fused-ring (bicyclic) bond motifs is 1. The van der Waals surface area contributed by atoms with Crippen molar-refractivity contribution < 1.29 is 9.53 Å². The van der Waals surface area contributed by atoms with Crippen LogP contribution < -0.4 is 5.32 Å². The maximum Gasteiger partial charge on any atom is 0.252 e. The number of ether oxygens (including phenoxy) is 1. The summed E-state index contributed by atoms with van der Waals surface area (Å²) in [4.78, 5) is 15.0. The summed E-state index contributed by atoms with van der Waals surface area (Å²) in [6, 6.07) is 19.1. The predicted molar refractivity (Wildman–Crippen MR) is 102 cm³/mol. The minimum atomic E-state index is -0.323. The Bertz CT molecular complexity index is 762. The van der Waals surface area contributed by atoms with E-state index in [0.29, 0.717) is 6.61 Å². The van der Waals surface area contributed by atoms with E-state index in [1.54, 1.807) is 0 Å². The van der Waals surface area contributed by atoms with Gasteiger partial charge in [-0.1, -0.05) is 54.6 Å². The molecule has 1 fully saturated rings. The molecule has 2 heterocycles. The summed E-state index contributed by atoms with van der Waals surface area (Å²) < 4.78 is 5.85. The summed E-state index contributed by atoms with van der Waals surface area (Å²) in [6.07, 6.45) is 1.35. The maximum absolute atomic E-state index is 13.0. The molecule has 0 aromatic heterocycles. The third kappa shape index (κ3) is 3.53. The first-order chi connectivity index (χ1) is 12.7. The molecule has 0 radical (unpaired) electrons. The zero-order chi connectivity index (χ0) is 17.9. The average Bonchev–Trinajstić information content (AvgIpc) is 3.16. The average molecular weight is 350 g/mol. The third-order valence-corrected chi connectivity index (χ3v) is 5.59. The van der Waals surface area contributed by atoms with Gasteiger partial charge in [-0.3, -0.25) is 4.79 Å². The van der Waals surface area contributed by atoms with Gasteiger partial charge in [0.05, 0.1) is 12.6 Å². The van der Waals surface area contributed by atoms with Crippen molar-refractivity contribution in [3.63, 3.8) is 0 Å². The van der Waals surface area contributed by atoms with Gasteiger partial charge in [0, 0.05) is 25.6 Å². The van der Waals surface area contributed by atoms with Crippen molar-refractivity contribution in [1.29, 1.82) is 0 Å². The zero-order valence-corrected chi connectivity index (χ0v) is 15.2. The normalized spacial score (nSPS) is 25.1. The minimum Gasteiger partial charge on any atom is -0.367 e. The summed E-state index contributed by atoms with van der Waals surface area (Å²) in [5, 5.41) is 3.52. The Balaban J connectivity index is 1.35. The first kappa shape index (κ1) is 17.3. The fourth-order valence-electron chi connectivity index (χ4n) is 4.06. The number of nitrogens with one attached hydrogen (secondary N) is 1. The second-order valence-corrected chi connectivity index (χ2v) is 7.28. The van der Waals surface area contributed by atoms with Crippen molar-refractivity contribution in [2.75, 3.05) is 13.2 Å². The molecule has 2 aromatic carbocycles. The van der Waals surface area contributed by atoms with Crippen LogP contribution in [0, 0.1) is 0 Å². The fraction of sp³-hybridized carbons (Fsp3) is 0.409. The summed E-state index contributed by atoms with van der Waals surface area (Å²) in [7, 11) is 0. The lowest BCUT2D eigenvalue weighted by molar-refractivity contribution is -0.143. The number of carbonyl (C=O) groups excluding carboxylic acids is 1. The Morgan fingerprint density at radius 2 is 1.92 bits per heavy atom. The van der Waals surface area contributed by atoms with Gasteiger partial charge in [0.1, 0.15) is 6.10 Å². The topological polar surface area (TPSA) is 41.6 Å². The lowest BCUT2D eigenvalue weighted by Crippen LogP contribution is -2.44. The van der Waals surface area contributed by atoms with Gasteiger partial charge in [-0.2, -0.15) is 0 Å². The van der Waals surface area contributed by atoms with Crippen LogP contribution in [0.4, 0.5) is 0 Å². The van der Waals surface area contributed by atoms with E-state index in [0.717, 1.165) is 25.9 Å². The molecule has 0 saturated carbocycles. The van der Waals surface area contributed by atoms with Gasteiger partial charge in [0.2, 0.25) is 0 Å². The summed E-state index contributed by atoms with van der Waals surface area (Å²) in [5.41, 5.74) is 3.88. The molecule has 26 heavy (non-hydrogen) atoms. The molecule has 4 heteroatoms. The Kier molecular flexibility index (Phi) is 5.05. The van der Waals surface area contributed by atoms with Gasteiger partial charge in [-0.05, 0) is 30.0 Å². The van der Waals surface area contributed by atoms with Gasteiger partial charge < -0.3 is 15.0 Å². The summed E-state index contributed by atoms with van der Waals surface area (Å²) in [6.45, 7) is 4.31. The molecule has 4 rings (SSSR count). The van der Waals surface area contributed by atoms with Crippen molar-refractivity contribution in [2.24, 2.45) is 0 Å². The van der Waals surface area contributed by atoms with E-state index < -0.39 is 0 Å².